The minimum Gasteiger partial charge on any atom is -0.370 e. The molecule has 5 aliphatic heterocycles. The van der Waals surface area contributed by atoms with Gasteiger partial charge in [0.1, 0.15) is 17.3 Å². The number of imidazole rings is 1. The molecule has 2 aliphatic carbocycles. The molecule has 64 heavy (non-hydrogen) atoms. The smallest absolute Gasteiger partial charge is 0.329 e. The maximum atomic E-state index is 16.3. The Morgan fingerprint density at radius 3 is 2.39 bits per heavy atom. The van der Waals surface area contributed by atoms with Crippen molar-refractivity contribution in [3.8, 4) is 0 Å². The van der Waals surface area contributed by atoms with Crippen molar-refractivity contribution in [1.82, 2.24) is 30.0 Å². The first kappa shape index (κ1) is 41.9. The molecule has 4 amide bonds. The summed E-state index contributed by atoms with van der Waals surface area (Å²) in [6.07, 6.45) is 8.33. The van der Waals surface area contributed by atoms with E-state index in [-0.39, 0.29) is 51.9 Å². The van der Waals surface area contributed by atoms with Crippen LogP contribution in [0.15, 0.2) is 59.4 Å². The van der Waals surface area contributed by atoms with E-state index >= 15 is 4.39 Å². The molecule has 4 N–H and O–H groups in total. The topological polar surface area (TPSA) is 150 Å². The molecule has 1 aromatic heterocycles. The van der Waals surface area contributed by atoms with Crippen molar-refractivity contribution in [2.75, 3.05) is 42.9 Å². The highest BCUT2D eigenvalue weighted by molar-refractivity contribution is 6.31. The van der Waals surface area contributed by atoms with Crippen molar-refractivity contribution in [3.05, 3.63) is 92.1 Å². The Morgan fingerprint density at radius 1 is 0.875 bits per heavy atom. The van der Waals surface area contributed by atoms with Gasteiger partial charge in [-0.05, 0) is 98.4 Å². The highest BCUT2D eigenvalue weighted by Crippen LogP contribution is 2.63. The second-order valence-corrected chi connectivity index (χ2v) is 20.8. The zero-order valence-electron chi connectivity index (χ0n) is 35.9. The van der Waals surface area contributed by atoms with Crippen molar-refractivity contribution in [2.45, 2.75) is 106 Å². The number of amides is 4. The van der Waals surface area contributed by atoms with Crippen LogP contribution in [0, 0.1) is 17.2 Å². The molecule has 3 spiro atoms. The highest BCUT2D eigenvalue weighted by atomic mass is 35.5. The number of hydrogen-bond donors (Lipinski definition) is 4. The maximum absolute atomic E-state index is 16.3. The van der Waals surface area contributed by atoms with Gasteiger partial charge in [-0.25, -0.2) is 9.18 Å². The number of nitrogens with zero attached hydrogens (tertiary/aromatic N) is 4. The number of imide groups is 1. The molecule has 6 fully saturated rings. The first-order valence-electron chi connectivity index (χ1n) is 23.0. The van der Waals surface area contributed by atoms with Crippen LogP contribution >= 0.6 is 23.2 Å². The normalized spacial score (nSPS) is 29.5. The predicted molar refractivity (Wildman–Crippen MR) is 242 cm³/mol. The summed E-state index contributed by atoms with van der Waals surface area (Å²) in [4.78, 5) is 72.0. The van der Waals surface area contributed by atoms with Gasteiger partial charge in [-0.1, -0.05) is 60.7 Å². The van der Waals surface area contributed by atoms with Crippen molar-refractivity contribution < 1.29 is 23.6 Å². The van der Waals surface area contributed by atoms with Crippen LogP contribution in [-0.4, -0.2) is 88.0 Å². The minimum atomic E-state index is -1.26. The third kappa shape index (κ3) is 6.40. The molecule has 0 bridgehead atoms. The second kappa shape index (κ2) is 15.4. The summed E-state index contributed by atoms with van der Waals surface area (Å²) in [6, 6.07) is 14.7. The molecule has 4 aromatic rings. The van der Waals surface area contributed by atoms with Gasteiger partial charge in [-0.15, -0.1) is 0 Å². The maximum Gasteiger partial charge on any atom is 0.329 e. The van der Waals surface area contributed by atoms with Gasteiger partial charge >= 0.3 is 5.69 Å². The average molecular weight is 912 g/mol. The number of aromatic nitrogens is 2. The van der Waals surface area contributed by atoms with Crippen LogP contribution in [0.4, 0.5) is 15.8 Å². The van der Waals surface area contributed by atoms with Crippen molar-refractivity contribution in [1.29, 1.82) is 0 Å². The third-order valence-electron chi connectivity index (χ3n) is 16.1. The largest absolute Gasteiger partial charge is 0.370 e. The summed E-state index contributed by atoms with van der Waals surface area (Å²) in [5.74, 6) is -2.13. The lowest BCUT2D eigenvalue weighted by Gasteiger charge is -2.61. The number of carbonyl (C=O) groups is 4. The number of nitrogens with one attached hydrogen (secondary N) is 4. The number of benzene rings is 3. The third-order valence-corrected chi connectivity index (χ3v) is 16.7. The Morgan fingerprint density at radius 2 is 1.64 bits per heavy atom. The van der Waals surface area contributed by atoms with E-state index in [0.717, 1.165) is 94.4 Å². The van der Waals surface area contributed by atoms with E-state index < -0.39 is 40.7 Å². The summed E-state index contributed by atoms with van der Waals surface area (Å²) in [6.45, 7) is 4.97. The number of hydrogen-bond acceptors (Lipinski definition) is 8. The average Bonchev–Trinajstić information content (AvgIpc) is 3.80. The van der Waals surface area contributed by atoms with Crippen LogP contribution in [0.1, 0.15) is 93.7 Å². The number of piperidine rings is 1. The lowest BCUT2D eigenvalue weighted by Crippen LogP contribution is -2.72. The number of fused-ring (bicyclic) bond motifs is 4. The van der Waals surface area contributed by atoms with E-state index in [1.54, 1.807) is 35.9 Å². The van der Waals surface area contributed by atoms with Gasteiger partial charge in [0.25, 0.3) is 0 Å². The highest BCUT2D eigenvalue weighted by Gasteiger charge is 2.72. The minimum absolute atomic E-state index is 0.0292. The molecular weight excluding hydrogens is 858 g/mol. The number of anilines is 2. The summed E-state index contributed by atoms with van der Waals surface area (Å²) in [5.41, 5.74) is 2.05. The molecule has 2 saturated carbocycles. The van der Waals surface area contributed by atoms with Gasteiger partial charge in [0, 0.05) is 85.5 Å². The number of aryl methyl sites for hydroxylation is 1. The molecule has 11 rings (SSSR count). The fourth-order valence-corrected chi connectivity index (χ4v) is 13.7. The summed E-state index contributed by atoms with van der Waals surface area (Å²) in [5, 5.41) is 13.1. The Hall–Kier alpha value is -4.76. The van der Waals surface area contributed by atoms with Gasteiger partial charge in [-0.3, -0.25) is 38.9 Å². The standard InChI is InChI=1S/C48H53Cl2FN8O5/c1-56-37-21-30(13-15-35(37)59(45(56)64)36-16-17-38(60)54-42(36)61)58-25-46(26-58)23-57(24-46)22-27-8-11-29(12-9-27)52-43(62)41-39(31-6-5-7-33(50)40(31)51)48(47(55-41)18-3-2-4-19-47)32-14-10-28(49)20-34(32)53-44(48)63/h5-7,10,13-15,20-21,27,29,36,39,41,55H,2-4,8-9,11-12,16-19,22-26H2,1H3,(H,52,62)(H,53,63)(H,54,60,61)/t27?,29?,36?,39-,41+,48+/m0/s1. The van der Waals surface area contributed by atoms with Crippen molar-refractivity contribution in [3.63, 3.8) is 0 Å². The second-order valence-electron chi connectivity index (χ2n) is 19.9. The summed E-state index contributed by atoms with van der Waals surface area (Å²) in [7, 11) is 1.72. The van der Waals surface area contributed by atoms with E-state index in [9.17, 15) is 24.0 Å². The Balaban J connectivity index is 0.733. The van der Waals surface area contributed by atoms with E-state index in [1.165, 1.54) is 10.6 Å². The molecule has 3 aromatic carbocycles. The van der Waals surface area contributed by atoms with E-state index in [1.807, 2.05) is 24.3 Å². The fraction of sp³-hybridized carbons (Fsp3) is 0.521. The number of carbonyl (C=O) groups excluding carboxylic acids is 4. The van der Waals surface area contributed by atoms with Gasteiger partial charge in [0.2, 0.25) is 23.6 Å². The first-order valence-corrected chi connectivity index (χ1v) is 23.7. The molecule has 16 heteroatoms. The predicted octanol–water partition coefficient (Wildman–Crippen LogP) is 5.91. The summed E-state index contributed by atoms with van der Waals surface area (Å²) < 4.78 is 19.4. The fourth-order valence-electron chi connectivity index (χ4n) is 13.3. The van der Waals surface area contributed by atoms with Crippen LogP contribution in [0.25, 0.3) is 11.0 Å². The Labute approximate surface area is 380 Å². The van der Waals surface area contributed by atoms with Crippen LogP contribution in [0.5, 0.6) is 0 Å². The van der Waals surface area contributed by atoms with Crippen LogP contribution in [-0.2, 0) is 31.6 Å². The zero-order valence-corrected chi connectivity index (χ0v) is 37.4. The zero-order chi connectivity index (χ0) is 44.3. The Bertz CT molecular complexity index is 2670. The molecule has 4 atom stereocenters. The number of halogens is 3. The van der Waals surface area contributed by atoms with E-state index in [4.69, 9.17) is 23.2 Å². The Kier molecular flexibility index (Phi) is 10.1. The molecule has 336 valence electrons. The molecule has 4 saturated heterocycles. The monoisotopic (exact) mass is 910 g/mol. The lowest BCUT2D eigenvalue weighted by atomic mass is 9.55. The molecule has 13 nitrogen and oxygen atoms in total. The van der Waals surface area contributed by atoms with Gasteiger partial charge in [0.05, 0.1) is 22.1 Å². The van der Waals surface area contributed by atoms with Gasteiger partial charge < -0.3 is 20.4 Å². The SMILES string of the molecule is Cn1c(=O)n(C2CCC(=O)NC2=O)c2ccc(N3CC4(CN(CC5CCC(NC(=O)[C@@H]6NC7(CCCCC7)[C@@]7(C(=O)Nc8cc(Cl)ccc87)[C@H]6c6cccc(Cl)c6F)CC5)C4)C3)cc21. The quantitative estimate of drug-likeness (QED) is 0.168. The number of likely N-dealkylation sites (tertiary alicyclic amines) is 1. The van der Waals surface area contributed by atoms with Gasteiger partial charge in [-0.2, -0.15) is 0 Å². The lowest BCUT2D eigenvalue weighted by molar-refractivity contribution is -0.136. The van der Waals surface area contributed by atoms with Crippen LogP contribution in [0.3, 0.4) is 0 Å². The molecule has 6 heterocycles. The van der Waals surface area contributed by atoms with E-state index in [2.05, 4.69) is 31.1 Å². The number of rotatable bonds is 7. The molecular formula is C48H53Cl2FN8O5. The first-order chi connectivity index (χ1) is 30.8. The molecule has 7 aliphatic rings. The van der Waals surface area contributed by atoms with Gasteiger partial charge in [0.15, 0.2) is 0 Å². The molecule has 0 radical (unpaired) electrons. The van der Waals surface area contributed by atoms with E-state index in [0.29, 0.717) is 41.4 Å². The van der Waals surface area contributed by atoms with Crippen LogP contribution < -0.4 is 31.9 Å². The van der Waals surface area contributed by atoms with Crippen molar-refractivity contribution in [2.24, 2.45) is 18.4 Å². The van der Waals surface area contributed by atoms with Crippen LogP contribution in [0.2, 0.25) is 10.0 Å². The molecule has 1 unspecified atom stereocenters. The van der Waals surface area contributed by atoms with Crippen molar-refractivity contribution >= 4 is 69.2 Å². The summed E-state index contributed by atoms with van der Waals surface area (Å²) >= 11 is 12.9.